The number of aliphatic hydroxyl groups excluding tert-OH is 2. The highest BCUT2D eigenvalue weighted by atomic mass is 16.3. The SMILES string of the molecule is CCC(CC)(CO)CNC(C)(CC)CCO. The number of hydrogen-bond acceptors (Lipinski definition) is 3. The zero-order chi connectivity index (χ0) is 12.7. The summed E-state index contributed by atoms with van der Waals surface area (Å²) in [5.41, 5.74) is -0.0224. The third-order valence-electron chi connectivity index (χ3n) is 4.17. The zero-order valence-corrected chi connectivity index (χ0v) is 11.3. The van der Waals surface area contributed by atoms with Gasteiger partial charge in [-0.25, -0.2) is 0 Å². The van der Waals surface area contributed by atoms with Gasteiger partial charge in [-0.1, -0.05) is 20.8 Å². The van der Waals surface area contributed by atoms with Crippen LogP contribution in [0.2, 0.25) is 0 Å². The molecule has 3 heteroatoms. The van der Waals surface area contributed by atoms with Gasteiger partial charge in [0.2, 0.25) is 0 Å². The predicted molar refractivity (Wildman–Crippen MR) is 68.5 cm³/mol. The van der Waals surface area contributed by atoms with Crippen molar-refractivity contribution in [2.45, 2.75) is 58.9 Å². The van der Waals surface area contributed by atoms with E-state index in [0.29, 0.717) is 0 Å². The van der Waals surface area contributed by atoms with Crippen LogP contribution in [-0.4, -0.2) is 35.5 Å². The van der Waals surface area contributed by atoms with E-state index < -0.39 is 0 Å². The van der Waals surface area contributed by atoms with E-state index in [9.17, 15) is 5.11 Å². The first-order valence-electron chi connectivity index (χ1n) is 6.48. The Labute approximate surface area is 100 Å². The van der Waals surface area contributed by atoms with Crippen molar-refractivity contribution >= 4 is 0 Å². The van der Waals surface area contributed by atoms with Gasteiger partial charge in [-0.3, -0.25) is 0 Å². The van der Waals surface area contributed by atoms with Crippen LogP contribution in [-0.2, 0) is 0 Å². The van der Waals surface area contributed by atoms with Crippen molar-refractivity contribution in [3.8, 4) is 0 Å². The minimum atomic E-state index is -0.0144. The average molecular weight is 231 g/mol. The van der Waals surface area contributed by atoms with E-state index >= 15 is 0 Å². The summed E-state index contributed by atoms with van der Waals surface area (Å²) in [5.74, 6) is 0. The van der Waals surface area contributed by atoms with Gasteiger partial charge < -0.3 is 15.5 Å². The van der Waals surface area contributed by atoms with Gasteiger partial charge in [0, 0.05) is 30.7 Å². The first kappa shape index (κ1) is 15.9. The van der Waals surface area contributed by atoms with Crippen molar-refractivity contribution in [2.24, 2.45) is 5.41 Å². The molecule has 0 saturated carbocycles. The topological polar surface area (TPSA) is 52.5 Å². The molecule has 3 N–H and O–H groups in total. The van der Waals surface area contributed by atoms with Crippen LogP contribution in [0.25, 0.3) is 0 Å². The molecule has 0 rings (SSSR count). The lowest BCUT2D eigenvalue weighted by atomic mass is 9.82. The molecule has 0 fully saturated rings. The second kappa shape index (κ2) is 7.25. The van der Waals surface area contributed by atoms with Gasteiger partial charge in [0.1, 0.15) is 0 Å². The largest absolute Gasteiger partial charge is 0.396 e. The summed E-state index contributed by atoms with van der Waals surface area (Å²) >= 11 is 0. The van der Waals surface area contributed by atoms with Crippen LogP contribution in [0.1, 0.15) is 53.4 Å². The maximum absolute atomic E-state index is 9.49. The Morgan fingerprint density at radius 2 is 1.56 bits per heavy atom. The molecule has 0 aliphatic heterocycles. The van der Waals surface area contributed by atoms with Gasteiger partial charge in [-0.15, -0.1) is 0 Å². The fraction of sp³-hybridized carbons (Fsp3) is 1.00. The molecule has 1 unspecified atom stereocenters. The zero-order valence-electron chi connectivity index (χ0n) is 11.3. The van der Waals surface area contributed by atoms with Crippen LogP contribution in [0.4, 0.5) is 0 Å². The minimum absolute atomic E-state index is 0.00805. The quantitative estimate of drug-likeness (QED) is 0.568. The Morgan fingerprint density at radius 3 is 1.88 bits per heavy atom. The maximum atomic E-state index is 9.49. The van der Waals surface area contributed by atoms with Crippen LogP contribution in [0.3, 0.4) is 0 Å². The monoisotopic (exact) mass is 231 g/mol. The first-order valence-corrected chi connectivity index (χ1v) is 6.48. The van der Waals surface area contributed by atoms with E-state index in [4.69, 9.17) is 5.11 Å². The van der Waals surface area contributed by atoms with Crippen molar-refractivity contribution in [3.63, 3.8) is 0 Å². The van der Waals surface area contributed by atoms with Crippen molar-refractivity contribution < 1.29 is 10.2 Å². The van der Waals surface area contributed by atoms with Crippen LogP contribution < -0.4 is 5.32 Å². The lowest BCUT2D eigenvalue weighted by Gasteiger charge is -2.36. The molecule has 0 spiro atoms. The van der Waals surface area contributed by atoms with E-state index in [-0.39, 0.29) is 24.2 Å². The fourth-order valence-corrected chi connectivity index (χ4v) is 1.82. The fourth-order valence-electron chi connectivity index (χ4n) is 1.82. The highest BCUT2D eigenvalue weighted by Crippen LogP contribution is 2.26. The highest BCUT2D eigenvalue weighted by molar-refractivity contribution is 4.86. The molecule has 0 bridgehead atoms. The molecule has 0 aliphatic rings. The van der Waals surface area contributed by atoms with Crippen molar-refractivity contribution in [1.29, 1.82) is 0 Å². The van der Waals surface area contributed by atoms with Crippen molar-refractivity contribution in [3.05, 3.63) is 0 Å². The second-order valence-corrected chi connectivity index (χ2v) is 5.11. The summed E-state index contributed by atoms with van der Waals surface area (Å²) < 4.78 is 0. The van der Waals surface area contributed by atoms with Gasteiger partial charge in [0.25, 0.3) is 0 Å². The Kier molecular flexibility index (Phi) is 7.20. The van der Waals surface area contributed by atoms with E-state index in [0.717, 1.165) is 32.2 Å². The lowest BCUT2D eigenvalue weighted by Crippen LogP contribution is -2.48. The van der Waals surface area contributed by atoms with Gasteiger partial charge >= 0.3 is 0 Å². The van der Waals surface area contributed by atoms with Crippen molar-refractivity contribution in [1.82, 2.24) is 5.32 Å². The molecule has 16 heavy (non-hydrogen) atoms. The average Bonchev–Trinajstić information content (AvgIpc) is 2.32. The smallest absolute Gasteiger partial charge is 0.0499 e. The van der Waals surface area contributed by atoms with Crippen molar-refractivity contribution in [2.75, 3.05) is 19.8 Å². The molecule has 0 aromatic heterocycles. The molecule has 1 atom stereocenters. The van der Waals surface area contributed by atoms with Gasteiger partial charge in [0.15, 0.2) is 0 Å². The lowest BCUT2D eigenvalue weighted by molar-refractivity contribution is 0.0968. The van der Waals surface area contributed by atoms with Gasteiger partial charge in [-0.05, 0) is 32.6 Å². The summed E-state index contributed by atoms with van der Waals surface area (Å²) in [6, 6.07) is 0. The van der Waals surface area contributed by atoms with Crippen LogP contribution in [0.15, 0.2) is 0 Å². The number of aliphatic hydroxyl groups is 2. The first-order chi connectivity index (χ1) is 7.51. The Morgan fingerprint density at radius 1 is 1.00 bits per heavy atom. The number of nitrogens with one attached hydrogen (secondary N) is 1. The third-order valence-corrected chi connectivity index (χ3v) is 4.17. The molecule has 0 aliphatic carbocycles. The molecular weight excluding hydrogens is 202 g/mol. The van der Waals surface area contributed by atoms with E-state index in [1.54, 1.807) is 0 Å². The molecule has 0 aromatic rings. The number of hydrogen-bond donors (Lipinski definition) is 3. The van der Waals surface area contributed by atoms with Gasteiger partial charge in [0.05, 0.1) is 0 Å². The van der Waals surface area contributed by atoms with E-state index in [1.165, 1.54) is 0 Å². The molecule has 98 valence electrons. The summed E-state index contributed by atoms with van der Waals surface area (Å²) in [4.78, 5) is 0. The summed E-state index contributed by atoms with van der Waals surface area (Å²) in [6.07, 6.45) is 3.71. The van der Waals surface area contributed by atoms with Crippen LogP contribution in [0, 0.1) is 5.41 Å². The Hall–Kier alpha value is -0.120. The van der Waals surface area contributed by atoms with E-state index in [2.05, 4.69) is 33.0 Å². The standard InChI is InChI=1S/C13H29NO2/c1-5-12(4,8-9-15)14-10-13(6-2,7-3)11-16/h14-16H,5-11H2,1-4H3. The summed E-state index contributed by atoms with van der Waals surface area (Å²) in [7, 11) is 0. The molecule has 0 heterocycles. The molecule has 0 saturated heterocycles. The van der Waals surface area contributed by atoms with Crippen LogP contribution >= 0.6 is 0 Å². The number of rotatable bonds is 9. The summed E-state index contributed by atoms with van der Waals surface area (Å²) in [5, 5.41) is 22.1. The maximum Gasteiger partial charge on any atom is 0.0499 e. The van der Waals surface area contributed by atoms with Crippen LogP contribution in [0.5, 0.6) is 0 Å². The van der Waals surface area contributed by atoms with E-state index in [1.807, 2.05) is 0 Å². The molecule has 0 amide bonds. The Balaban J connectivity index is 4.37. The predicted octanol–water partition coefficient (Wildman–Crippen LogP) is 1.93. The second-order valence-electron chi connectivity index (χ2n) is 5.11. The molecule has 0 aromatic carbocycles. The molecule has 3 nitrogen and oxygen atoms in total. The highest BCUT2D eigenvalue weighted by Gasteiger charge is 2.29. The molecule has 0 radical (unpaired) electrons. The third kappa shape index (κ3) is 4.40. The van der Waals surface area contributed by atoms with Gasteiger partial charge in [-0.2, -0.15) is 0 Å². The Bertz CT molecular complexity index is 173. The summed E-state index contributed by atoms with van der Waals surface area (Å²) in [6.45, 7) is 9.76. The normalized spacial score (nSPS) is 16.1. The molecular formula is C13H29NO2. The minimum Gasteiger partial charge on any atom is -0.396 e.